The molecule has 0 saturated heterocycles. The molecule has 1 aliphatic carbocycles. The maximum Gasteiger partial charge on any atom is 0.155 e. The minimum absolute atomic E-state index is 0.314. The van der Waals surface area contributed by atoms with Crippen molar-refractivity contribution in [3.05, 3.63) is 23.3 Å². The summed E-state index contributed by atoms with van der Waals surface area (Å²) in [5, 5.41) is 0. The fourth-order valence-electron chi connectivity index (χ4n) is 3.04. The predicted octanol–water partition coefficient (Wildman–Crippen LogP) is 6.24. The average molecular weight is 290 g/mol. The molecule has 0 aromatic rings. The van der Waals surface area contributed by atoms with Crippen LogP contribution in [-0.4, -0.2) is 5.78 Å². The zero-order chi connectivity index (χ0) is 15.7. The molecule has 1 unspecified atom stereocenters. The van der Waals surface area contributed by atoms with Crippen molar-refractivity contribution in [2.75, 3.05) is 0 Å². The highest BCUT2D eigenvalue weighted by atomic mass is 16.1. The Labute approximate surface area is 131 Å². The molecule has 1 atom stereocenters. The lowest BCUT2D eigenvalue weighted by Crippen LogP contribution is -1.97. The lowest BCUT2D eigenvalue weighted by Gasteiger charge is -2.12. The third kappa shape index (κ3) is 8.24. The van der Waals surface area contributed by atoms with Crippen molar-refractivity contribution in [3.8, 4) is 0 Å². The van der Waals surface area contributed by atoms with E-state index in [-0.39, 0.29) is 0 Å². The summed E-state index contributed by atoms with van der Waals surface area (Å²) in [6, 6.07) is 0. The van der Waals surface area contributed by atoms with Gasteiger partial charge in [0.25, 0.3) is 0 Å². The predicted molar refractivity (Wildman–Crippen MR) is 92.4 cm³/mol. The zero-order valence-corrected chi connectivity index (χ0v) is 14.6. The number of hydrogen-bond donors (Lipinski definition) is 0. The lowest BCUT2D eigenvalue weighted by atomic mass is 9.94. The van der Waals surface area contributed by atoms with Gasteiger partial charge in [-0.1, -0.05) is 65.0 Å². The molecule has 1 rings (SSSR count). The number of allylic oxidation sites excluding steroid dienone is 4. The molecule has 0 radical (unpaired) electrons. The number of ketones is 1. The van der Waals surface area contributed by atoms with Crippen molar-refractivity contribution in [3.63, 3.8) is 0 Å². The Kier molecular flexibility index (Phi) is 8.64. The van der Waals surface area contributed by atoms with Gasteiger partial charge >= 0.3 is 0 Å². The van der Waals surface area contributed by atoms with E-state index in [9.17, 15) is 4.79 Å². The Balaban J connectivity index is 2.35. The molecule has 0 heterocycles. The van der Waals surface area contributed by atoms with Crippen LogP contribution in [0.5, 0.6) is 0 Å². The molecule has 0 saturated carbocycles. The van der Waals surface area contributed by atoms with Gasteiger partial charge in [0.05, 0.1) is 0 Å². The van der Waals surface area contributed by atoms with Gasteiger partial charge in [0, 0.05) is 6.42 Å². The molecular formula is C20H34O. The quantitative estimate of drug-likeness (QED) is 0.435. The monoisotopic (exact) mass is 290 g/mol. The standard InChI is InChI=1S/C20H34O/c1-5-6-10-20(21)15-19-12-11-18(14-19)13-17(4)9-7-8-16(2)3/h14-17H,5-13H2,1-4H3. The first-order chi connectivity index (χ1) is 10.0. The summed E-state index contributed by atoms with van der Waals surface area (Å²) in [7, 11) is 0. The second kappa shape index (κ2) is 9.97. The summed E-state index contributed by atoms with van der Waals surface area (Å²) in [6.45, 7) is 9.11. The summed E-state index contributed by atoms with van der Waals surface area (Å²) < 4.78 is 0. The number of carbonyl (C=O) groups excluding carboxylic acids is 1. The van der Waals surface area contributed by atoms with E-state index in [2.05, 4.69) is 33.8 Å². The highest BCUT2D eigenvalue weighted by Crippen LogP contribution is 2.30. The van der Waals surface area contributed by atoms with Crippen molar-refractivity contribution >= 4 is 5.78 Å². The maximum atomic E-state index is 11.8. The largest absolute Gasteiger partial charge is 0.295 e. The van der Waals surface area contributed by atoms with Crippen LogP contribution in [0.15, 0.2) is 23.3 Å². The third-order valence-corrected chi connectivity index (χ3v) is 4.34. The number of rotatable bonds is 10. The average Bonchev–Trinajstić information content (AvgIpc) is 2.83. The van der Waals surface area contributed by atoms with Crippen LogP contribution < -0.4 is 0 Å². The number of unbranched alkanes of at least 4 members (excludes halogenated alkanes) is 1. The molecular weight excluding hydrogens is 256 g/mol. The van der Waals surface area contributed by atoms with Gasteiger partial charge in [-0.3, -0.25) is 4.79 Å². The van der Waals surface area contributed by atoms with E-state index in [1.807, 2.05) is 6.08 Å². The van der Waals surface area contributed by atoms with Gasteiger partial charge in [-0.05, 0) is 49.2 Å². The summed E-state index contributed by atoms with van der Waals surface area (Å²) in [4.78, 5) is 11.8. The molecule has 0 aromatic carbocycles. The summed E-state index contributed by atoms with van der Waals surface area (Å²) >= 11 is 0. The first-order valence-electron chi connectivity index (χ1n) is 8.94. The van der Waals surface area contributed by atoms with E-state index >= 15 is 0 Å². The van der Waals surface area contributed by atoms with Gasteiger partial charge in [0.15, 0.2) is 5.78 Å². The molecule has 0 N–H and O–H groups in total. The fourth-order valence-corrected chi connectivity index (χ4v) is 3.04. The van der Waals surface area contributed by atoms with Gasteiger partial charge in [-0.2, -0.15) is 0 Å². The number of carbonyl (C=O) groups is 1. The number of hydrogen-bond acceptors (Lipinski definition) is 1. The van der Waals surface area contributed by atoms with Gasteiger partial charge in [0.1, 0.15) is 0 Å². The Morgan fingerprint density at radius 2 is 1.95 bits per heavy atom. The highest BCUT2D eigenvalue weighted by molar-refractivity contribution is 5.90. The Hall–Kier alpha value is -0.850. The molecule has 1 nitrogen and oxygen atoms in total. The van der Waals surface area contributed by atoms with Crippen molar-refractivity contribution in [2.24, 2.45) is 11.8 Å². The Morgan fingerprint density at radius 1 is 1.19 bits per heavy atom. The van der Waals surface area contributed by atoms with Crippen molar-refractivity contribution < 1.29 is 4.79 Å². The second-order valence-electron chi connectivity index (χ2n) is 7.23. The van der Waals surface area contributed by atoms with Crippen LogP contribution >= 0.6 is 0 Å². The van der Waals surface area contributed by atoms with Gasteiger partial charge in [0.2, 0.25) is 0 Å². The normalized spacial score (nSPS) is 18.3. The minimum Gasteiger partial charge on any atom is -0.295 e. The van der Waals surface area contributed by atoms with Crippen molar-refractivity contribution in [2.45, 2.75) is 85.5 Å². The van der Waals surface area contributed by atoms with E-state index < -0.39 is 0 Å². The minimum atomic E-state index is 0.314. The first kappa shape index (κ1) is 18.2. The summed E-state index contributed by atoms with van der Waals surface area (Å²) in [5.74, 6) is 1.92. The summed E-state index contributed by atoms with van der Waals surface area (Å²) in [6.07, 6.45) is 14.5. The highest BCUT2D eigenvalue weighted by Gasteiger charge is 2.13. The van der Waals surface area contributed by atoms with Crippen LogP contribution in [0.3, 0.4) is 0 Å². The van der Waals surface area contributed by atoms with E-state index in [0.717, 1.165) is 37.5 Å². The van der Waals surface area contributed by atoms with Crippen molar-refractivity contribution in [1.29, 1.82) is 0 Å². The van der Waals surface area contributed by atoms with E-state index in [1.165, 1.54) is 37.7 Å². The Morgan fingerprint density at radius 3 is 2.62 bits per heavy atom. The second-order valence-corrected chi connectivity index (χ2v) is 7.23. The van der Waals surface area contributed by atoms with E-state index in [4.69, 9.17) is 0 Å². The fraction of sp³-hybridized carbons (Fsp3) is 0.750. The SMILES string of the molecule is CCCCC(=O)C=C1C=C(CC(C)CCCC(C)C)CC1. The van der Waals surface area contributed by atoms with E-state index in [0.29, 0.717) is 5.78 Å². The zero-order valence-electron chi connectivity index (χ0n) is 14.6. The molecule has 21 heavy (non-hydrogen) atoms. The van der Waals surface area contributed by atoms with Crippen LogP contribution in [0.2, 0.25) is 0 Å². The smallest absolute Gasteiger partial charge is 0.155 e. The first-order valence-corrected chi connectivity index (χ1v) is 8.94. The lowest BCUT2D eigenvalue weighted by molar-refractivity contribution is -0.114. The van der Waals surface area contributed by atoms with Crippen LogP contribution in [-0.2, 0) is 4.79 Å². The molecule has 0 aliphatic heterocycles. The molecule has 1 heteroatoms. The maximum absolute atomic E-state index is 11.8. The summed E-state index contributed by atoms with van der Waals surface area (Å²) in [5.41, 5.74) is 2.82. The van der Waals surface area contributed by atoms with Gasteiger partial charge in [-0.15, -0.1) is 0 Å². The van der Waals surface area contributed by atoms with Crippen LogP contribution in [0.1, 0.15) is 85.5 Å². The molecule has 0 fully saturated rings. The van der Waals surface area contributed by atoms with Gasteiger partial charge < -0.3 is 0 Å². The molecule has 0 amide bonds. The van der Waals surface area contributed by atoms with Gasteiger partial charge in [-0.25, -0.2) is 0 Å². The van der Waals surface area contributed by atoms with Crippen LogP contribution in [0.25, 0.3) is 0 Å². The molecule has 120 valence electrons. The molecule has 0 aromatic heterocycles. The van der Waals surface area contributed by atoms with Crippen LogP contribution in [0, 0.1) is 11.8 Å². The third-order valence-electron chi connectivity index (χ3n) is 4.34. The van der Waals surface area contributed by atoms with E-state index in [1.54, 1.807) is 5.57 Å². The molecule has 0 spiro atoms. The topological polar surface area (TPSA) is 17.1 Å². The van der Waals surface area contributed by atoms with Crippen molar-refractivity contribution in [1.82, 2.24) is 0 Å². The molecule has 0 bridgehead atoms. The molecule has 1 aliphatic rings. The van der Waals surface area contributed by atoms with Crippen LogP contribution in [0.4, 0.5) is 0 Å². The Bertz CT molecular complexity index is 373.